The standard InChI is InChI=1S/C12H21N3O2S/c1-8-4-5-11(6-9(8)2)15-18(16,17)12-7-13-14-10(12)3/h7-9,11,15H,4-6H2,1-3H3,(H,13,14). The lowest BCUT2D eigenvalue weighted by molar-refractivity contribution is 0.242. The average molecular weight is 271 g/mol. The maximum atomic E-state index is 12.2. The van der Waals surface area contributed by atoms with Crippen molar-refractivity contribution in [1.29, 1.82) is 0 Å². The molecule has 1 saturated carbocycles. The van der Waals surface area contributed by atoms with Crippen LogP contribution in [0.2, 0.25) is 0 Å². The van der Waals surface area contributed by atoms with Crippen LogP contribution in [0, 0.1) is 18.8 Å². The van der Waals surface area contributed by atoms with Gasteiger partial charge in [-0.25, -0.2) is 13.1 Å². The summed E-state index contributed by atoms with van der Waals surface area (Å²) in [5.41, 5.74) is 0.583. The van der Waals surface area contributed by atoms with Crippen molar-refractivity contribution in [2.75, 3.05) is 0 Å². The fourth-order valence-corrected chi connectivity index (χ4v) is 3.97. The van der Waals surface area contributed by atoms with E-state index in [1.807, 2.05) is 0 Å². The Hall–Kier alpha value is -0.880. The van der Waals surface area contributed by atoms with Crippen molar-refractivity contribution < 1.29 is 8.42 Å². The highest BCUT2D eigenvalue weighted by molar-refractivity contribution is 7.89. The molecule has 3 atom stereocenters. The number of hydrogen-bond donors (Lipinski definition) is 2. The molecule has 6 heteroatoms. The first kappa shape index (κ1) is 13.5. The topological polar surface area (TPSA) is 74.8 Å². The molecule has 2 N–H and O–H groups in total. The van der Waals surface area contributed by atoms with Crippen LogP contribution in [0.4, 0.5) is 0 Å². The number of aryl methyl sites for hydroxylation is 1. The molecule has 3 unspecified atom stereocenters. The highest BCUT2D eigenvalue weighted by Gasteiger charge is 2.29. The van der Waals surface area contributed by atoms with Gasteiger partial charge in [0.2, 0.25) is 10.0 Å². The minimum atomic E-state index is -3.43. The molecule has 5 nitrogen and oxygen atoms in total. The summed E-state index contributed by atoms with van der Waals surface area (Å²) in [6.45, 7) is 6.14. The van der Waals surface area contributed by atoms with E-state index in [-0.39, 0.29) is 10.9 Å². The number of nitrogens with zero attached hydrogens (tertiary/aromatic N) is 1. The summed E-state index contributed by atoms with van der Waals surface area (Å²) in [5.74, 6) is 1.25. The Bertz CT molecular complexity index is 509. The molecule has 0 spiro atoms. The van der Waals surface area contributed by atoms with Gasteiger partial charge in [0.15, 0.2) is 0 Å². The van der Waals surface area contributed by atoms with Crippen LogP contribution in [0.1, 0.15) is 38.8 Å². The van der Waals surface area contributed by atoms with E-state index >= 15 is 0 Å². The summed E-state index contributed by atoms with van der Waals surface area (Å²) in [5, 5.41) is 6.42. The Balaban J connectivity index is 2.08. The third kappa shape index (κ3) is 2.75. The summed E-state index contributed by atoms with van der Waals surface area (Å²) in [4.78, 5) is 0.258. The van der Waals surface area contributed by atoms with Gasteiger partial charge in [0.1, 0.15) is 4.90 Å². The minimum Gasteiger partial charge on any atom is -0.281 e. The number of nitrogens with one attached hydrogen (secondary N) is 2. The molecule has 1 aromatic heterocycles. The number of aromatic amines is 1. The first-order valence-corrected chi connectivity index (χ1v) is 7.90. The lowest BCUT2D eigenvalue weighted by atomic mass is 9.79. The van der Waals surface area contributed by atoms with Crippen molar-refractivity contribution in [1.82, 2.24) is 14.9 Å². The van der Waals surface area contributed by atoms with Gasteiger partial charge in [-0.15, -0.1) is 0 Å². The summed E-state index contributed by atoms with van der Waals surface area (Å²) < 4.78 is 27.2. The number of aromatic nitrogens is 2. The quantitative estimate of drug-likeness (QED) is 0.880. The highest BCUT2D eigenvalue weighted by Crippen LogP contribution is 2.30. The molecule has 1 aliphatic rings. The van der Waals surface area contributed by atoms with E-state index < -0.39 is 10.0 Å². The van der Waals surface area contributed by atoms with E-state index in [2.05, 4.69) is 28.8 Å². The maximum absolute atomic E-state index is 12.2. The molecule has 0 amide bonds. The summed E-state index contributed by atoms with van der Waals surface area (Å²) in [7, 11) is -3.43. The van der Waals surface area contributed by atoms with E-state index in [4.69, 9.17) is 0 Å². The predicted octanol–water partition coefficient (Wildman–Crippen LogP) is 1.82. The molecule has 0 saturated heterocycles. The fourth-order valence-electron chi connectivity index (χ4n) is 2.55. The van der Waals surface area contributed by atoms with Crippen molar-refractivity contribution >= 4 is 10.0 Å². The largest absolute Gasteiger partial charge is 0.281 e. The van der Waals surface area contributed by atoms with Gasteiger partial charge in [-0.05, 0) is 38.0 Å². The van der Waals surface area contributed by atoms with Crippen LogP contribution in [0.3, 0.4) is 0 Å². The number of sulfonamides is 1. The van der Waals surface area contributed by atoms with E-state index in [9.17, 15) is 8.42 Å². The zero-order valence-electron chi connectivity index (χ0n) is 11.1. The first-order chi connectivity index (χ1) is 8.40. The third-order valence-electron chi connectivity index (χ3n) is 3.99. The monoisotopic (exact) mass is 271 g/mol. The molecule has 1 aliphatic carbocycles. The van der Waals surface area contributed by atoms with Crippen molar-refractivity contribution in [3.8, 4) is 0 Å². The van der Waals surface area contributed by atoms with Gasteiger partial charge in [-0.3, -0.25) is 5.10 Å². The van der Waals surface area contributed by atoms with E-state index in [0.29, 0.717) is 17.5 Å². The Kier molecular flexibility index (Phi) is 3.77. The Morgan fingerprint density at radius 3 is 2.61 bits per heavy atom. The normalized spacial score (nSPS) is 29.4. The zero-order valence-corrected chi connectivity index (χ0v) is 11.9. The lowest BCUT2D eigenvalue weighted by Crippen LogP contribution is -2.39. The van der Waals surface area contributed by atoms with Gasteiger partial charge >= 0.3 is 0 Å². The maximum Gasteiger partial charge on any atom is 0.244 e. The van der Waals surface area contributed by atoms with Gasteiger partial charge in [0, 0.05) is 6.04 Å². The summed E-state index contributed by atoms with van der Waals surface area (Å²) in [6.07, 6.45) is 4.28. The van der Waals surface area contributed by atoms with Gasteiger partial charge in [0.25, 0.3) is 0 Å². The fraction of sp³-hybridized carbons (Fsp3) is 0.750. The summed E-state index contributed by atoms with van der Waals surface area (Å²) >= 11 is 0. The molecular formula is C12H21N3O2S. The van der Waals surface area contributed by atoms with Gasteiger partial charge in [-0.2, -0.15) is 5.10 Å². The molecule has 1 fully saturated rings. The van der Waals surface area contributed by atoms with Crippen LogP contribution in [0.5, 0.6) is 0 Å². The minimum absolute atomic E-state index is 0.0514. The predicted molar refractivity (Wildman–Crippen MR) is 69.6 cm³/mol. The molecule has 0 aromatic carbocycles. The SMILES string of the molecule is Cc1[nH]ncc1S(=O)(=O)NC1CCC(C)C(C)C1. The van der Waals surface area contributed by atoms with Crippen molar-refractivity contribution in [2.45, 2.75) is 51.0 Å². The van der Waals surface area contributed by atoms with Crippen LogP contribution in [0.15, 0.2) is 11.1 Å². The highest BCUT2D eigenvalue weighted by atomic mass is 32.2. The van der Waals surface area contributed by atoms with Gasteiger partial charge in [0.05, 0.1) is 11.9 Å². The number of hydrogen-bond acceptors (Lipinski definition) is 3. The molecular weight excluding hydrogens is 250 g/mol. The Morgan fingerprint density at radius 2 is 2.06 bits per heavy atom. The number of H-pyrrole nitrogens is 1. The lowest BCUT2D eigenvalue weighted by Gasteiger charge is -2.32. The van der Waals surface area contributed by atoms with Crippen molar-refractivity contribution in [3.05, 3.63) is 11.9 Å². The van der Waals surface area contributed by atoms with Gasteiger partial charge in [-0.1, -0.05) is 13.8 Å². The molecule has 1 heterocycles. The van der Waals surface area contributed by atoms with Gasteiger partial charge < -0.3 is 0 Å². The molecule has 0 aliphatic heterocycles. The molecule has 18 heavy (non-hydrogen) atoms. The van der Waals surface area contributed by atoms with Crippen LogP contribution < -0.4 is 4.72 Å². The first-order valence-electron chi connectivity index (χ1n) is 6.42. The van der Waals surface area contributed by atoms with Crippen LogP contribution in [-0.2, 0) is 10.0 Å². The van der Waals surface area contributed by atoms with Crippen LogP contribution in [-0.4, -0.2) is 24.7 Å². The second-order valence-electron chi connectivity index (χ2n) is 5.45. The third-order valence-corrected chi connectivity index (χ3v) is 5.63. The number of rotatable bonds is 3. The van der Waals surface area contributed by atoms with E-state index in [1.165, 1.54) is 6.20 Å². The zero-order chi connectivity index (χ0) is 13.3. The van der Waals surface area contributed by atoms with Crippen molar-refractivity contribution in [2.24, 2.45) is 11.8 Å². The molecule has 2 rings (SSSR count). The van der Waals surface area contributed by atoms with E-state index in [0.717, 1.165) is 19.3 Å². The Labute approximate surface area is 108 Å². The molecule has 0 radical (unpaired) electrons. The Morgan fingerprint density at radius 1 is 1.33 bits per heavy atom. The summed E-state index contributed by atoms with van der Waals surface area (Å²) in [6, 6.07) is 0.0514. The smallest absolute Gasteiger partial charge is 0.244 e. The van der Waals surface area contributed by atoms with E-state index in [1.54, 1.807) is 6.92 Å². The van der Waals surface area contributed by atoms with Crippen LogP contribution >= 0.6 is 0 Å². The second kappa shape index (κ2) is 5.01. The van der Waals surface area contributed by atoms with Crippen LogP contribution in [0.25, 0.3) is 0 Å². The second-order valence-corrected chi connectivity index (χ2v) is 7.13. The molecule has 102 valence electrons. The average Bonchev–Trinajstić information content (AvgIpc) is 2.70. The molecule has 1 aromatic rings. The molecule has 0 bridgehead atoms. The van der Waals surface area contributed by atoms with Crippen molar-refractivity contribution in [3.63, 3.8) is 0 Å².